The molecule has 112 valence electrons. The summed E-state index contributed by atoms with van der Waals surface area (Å²) in [7, 11) is 0. The molecule has 0 amide bonds. The van der Waals surface area contributed by atoms with Gasteiger partial charge in [0.15, 0.2) is 11.4 Å². The highest BCUT2D eigenvalue weighted by Gasteiger charge is 2.27. The van der Waals surface area contributed by atoms with Crippen LogP contribution in [0.15, 0.2) is 60.7 Å². The Hall–Kier alpha value is -2.13. The average molecular weight is 310 g/mol. The van der Waals surface area contributed by atoms with Crippen molar-refractivity contribution in [1.29, 1.82) is 0 Å². The third kappa shape index (κ3) is 2.90. The molecule has 2 aromatic carbocycles. The summed E-state index contributed by atoms with van der Waals surface area (Å²) in [6, 6.07) is 20.4. The highest BCUT2D eigenvalue weighted by atomic mass is 32.1. The highest BCUT2D eigenvalue weighted by Crippen LogP contribution is 2.37. The molecule has 0 aliphatic rings. The summed E-state index contributed by atoms with van der Waals surface area (Å²) in [5, 5.41) is 11.8. The van der Waals surface area contributed by atoms with Gasteiger partial charge < -0.3 is 5.11 Å². The van der Waals surface area contributed by atoms with Crippen LogP contribution in [0.4, 0.5) is 0 Å². The average Bonchev–Trinajstić information content (AvgIpc) is 2.91. The smallest absolute Gasteiger partial charge is 0.385 e. The fraction of sp³-hybridized carbons (Fsp3) is 0.211. The zero-order valence-corrected chi connectivity index (χ0v) is 13.5. The molecule has 1 aromatic heterocycles. The van der Waals surface area contributed by atoms with E-state index in [0.717, 1.165) is 40.4 Å². The van der Waals surface area contributed by atoms with Crippen molar-refractivity contribution in [2.75, 3.05) is 0 Å². The van der Waals surface area contributed by atoms with Gasteiger partial charge in [-0.05, 0) is 12.1 Å². The van der Waals surface area contributed by atoms with Crippen molar-refractivity contribution >= 4 is 11.3 Å². The van der Waals surface area contributed by atoms with Crippen LogP contribution in [0, 0.1) is 0 Å². The van der Waals surface area contributed by atoms with Gasteiger partial charge in [-0.25, -0.2) is 0 Å². The Kier molecular flexibility index (Phi) is 4.54. The van der Waals surface area contributed by atoms with Crippen LogP contribution < -0.4 is 4.57 Å². The van der Waals surface area contributed by atoms with Crippen molar-refractivity contribution in [3.63, 3.8) is 0 Å². The second-order valence-corrected chi connectivity index (χ2v) is 6.30. The van der Waals surface area contributed by atoms with Crippen molar-refractivity contribution in [3.05, 3.63) is 60.7 Å². The summed E-state index contributed by atoms with van der Waals surface area (Å²) in [5.74, 6) is 0.378. The minimum Gasteiger partial charge on any atom is -0.459 e. The third-order valence-corrected chi connectivity index (χ3v) is 4.97. The van der Waals surface area contributed by atoms with Crippen LogP contribution in [0.2, 0.25) is 0 Å². The molecule has 0 fully saturated rings. The Morgan fingerprint density at radius 3 is 2.09 bits per heavy atom. The Labute approximate surface area is 135 Å². The first-order chi connectivity index (χ1) is 10.8. The maximum Gasteiger partial charge on any atom is 0.385 e. The van der Waals surface area contributed by atoms with Crippen LogP contribution in [0.5, 0.6) is 5.88 Å². The first-order valence-corrected chi connectivity index (χ1v) is 8.49. The maximum atomic E-state index is 10.7. The van der Waals surface area contributed by atoms with Gasteiger partial charge in [0.2, 0.25) is 0 Å². The van der Waals surface area contributed by atoms with Crippen LogP contribution >= 0.6 is 11.3 Å². The largest absolute Gasteiger partial charge is 0.459 e. The van der Waals surface area contributed by atoms with Gasteiger partial charge in [0.25, 0.3) is 5.01 Å². The third-order valence-electron chi connectivity index (χ3n) is 3.69. The molecule has 2 nitrogen and oxygen atoms in total. The molecule has 3 heteroatoms. The summed E-state index contributed by atoms with van der Waals surface area (Å²) in [4.78, 5) is 0.940. The normalized spacial score (nSPS) is 10.8. The molecule has 0 bridgehead atoms. The molecular formula is C19H20NOS+. The lowest BCUT2D eigenvalue weighted by Crippen LogP contribution is -2.33. The summed E-state index contributed by atoms with van der Waals surface area (Å²) in [6.07, 6.45) is 2.17. The number of aromatic hydroxyl groups is 1. The Balaban J connectivity index is 2.12. The van der Waals surface area contributed by atoms with Crippen molar-refractivity contribution in [2.45, 2.75) is 26.3 Å². The van der Waals surface area contributed by atoms with E-state index in [1.807, 2.05) is 53.1 Å². The molecule has 3 rings (SSSR count). The van der Waals surface area contributed by atoms with Gasteiger partial charge in [0, 0.05) is 12.0 Å². The van der Waals surface area contributed by atoms with Gasteiger partial charge in [0.05, 0.1) is 5.56 Å². The quantitative estimate of drug-likeness (QED) is 0.668. The van der Waals surface area contributed by atoms with E-state index in [0.29, 0.717) is 5.88 Å². The van der Waals surface area contributed by atoms with E-state index >= 15 is 0 Å². The number of aromatic nitrogens is 1. The van der Waals surface area contributed by atoms with Crippen molar-refractivity contribution in [2.24, 2.45) is 0 Å². The van der Waals surface area contributed by atoms with E-state index in [1.165, 1.54) is 0 Å². The molecule has 0 aliphatic heterocycles. The molecule has 1 heterocycles. The molecule has 3 aromatic rings. The minimum absolute atomic E-state index is 0.378. The standard InChI is InChI=1S/C19H19NOS/c1-2-3-14-20-18(21)17(15-10-6-4-7-11-15)22-19(20)16-12-8-5-9-13-16/h4-13H,2-3,14H2,1H3/p+1. The first kappa shape index (κ1) is 14.8. The predicted molar refractivity (Wildman–Crippen MR) is 92.0 cm³/mol. The van der Waals surface area contributed by atoms with Crippen molar-refractivity contribution in [1.82, 2.24) is 0 Å². The molecule has 0 saturated heterocycles. The van der Waals surface area contributed by atoms with Gasteiger partial charge >= 0.3 is 5.88 Å². The number of hydrogen-bond acceptors (Lipinski definition) is 2. The number of thiazole rings is 1. The highest BCUT2D eigenvalue weighted by molar-refractivity contribution is 7.18. The lowest BCUT2D eigenvalue weighted by molar-refractivity contribution is -0.687. The maximum absolute atomic E-state index is 10.7. The summed E-state index contributed by atoms with van der Waals surface area (Å²) in [5.41, 5.74) is 2.22. The predicted octanol–water partition coefficient (Wildman–Crippen LogP) is 4.88. The minimum atomic E-state index is 0.378. The zero-order valence-electron chi connectivity index (χ0n) is 12.7. The van der Waals surface area contributed by atoms with Crippen molar-refractivity contribution in [3.8, 4) is 26.9 Å². The Morgan fingerprint density at radius 1 is 0.909 bits per heavy atom. The molecule has 0 atom stereocenters. The topological polar surface area (TPSA) is 24.1 Å². The van der Waals surface area contributed by atoms with Gasteiger partial charge in [-0.2, -0.15) is 0 Å². The zero-order chi connectivity index (χ0) is 15.4. The Morgan fingerprint density at radius 2 is 1.50 bits per heavy atom. The SMILES string of the molecule is CCCC[n+]1c(-c2ccccc2)sc(-c2ccccc2)c1O. The second-order valence-electron chi connectivity index (χ2n) is 5.30. The van der Waals surface area contributed by atoms with Crippen LogP contribution in [-0.4, -0.2) is 5.11 Å². The van der Waals surface area contributed by atoms with Crippen molar-refractivity contribution < 1.29 is 9.67 Å². The van der Waals surface area contributed by atoms with Gasteiger partial charge in [-0.1, -0.05) is 73.2 Å². The van der Waals surface area contributed by atoms with Crippen LogP contribution in [0.3, 0.4) is 0 Å². The fourth-order valence-electron chi connectivity index (χ4n) is 2.51. The van der Waals surface area contributed by atoms with Gasteiger partial charge in [-0.15, -0.1) is 4.57 Å². The summed E-state index contributed by atoms with van der Waals surface area (Å²) < 4.78 is 2.05. The van der Waals surface area contributed by atoms with E-state index in [-0.39, 0.29) is 0 Å². The van der Waals surface area contributed by atoms with Gasteiger partial charge in [0.1, 0.15) is 0 Å². The monoisotopic (exact) mass is 310 g/mol. The Bertz CT molecular complexity index is 735. The van der Waals surface area contributed by atoms with E-state index in [2.05, 4.69) is 19.1 Å². The van der Waals surface area contributed by atoms with Crippen LogP contribution in [-0.2, 0) is 6.54 Å². The lowest BCUT2D eigenvalue weighted by Gasteiger charge is -1.98. The molecular weight excluding hydrogens is 290 g/mol. The van der Waals surface area contributed by atoms with E-state index in [9.17, 15) is 5.11 Å². The lowest BCUT2D eigenvalue weighted by atomic mass is 10.2. The molecule has 0 unspecified atom stereocenters. The number of benzene rings is 2. The molecule has 1 N–H and O–H groups in total. The molecule has 22 heavy (non-hydrogen) atoms. The van der Waals surface area contributed by atoms with E-state index in [1.54, 1.807) is 11.3 Å². The number of hydrogen-bond donors (Lipinski definition) is 1. The fourth-order valence-corrected chi connectivity index (χ4v) is 3.70. The number of unbranched alkanes of at least 4 members (excludes halogenated alkanes) is 1. The first-order valence-electron chi connectivity index (χ1n) is 7.67. The molecule has 0 radical (unpaired) electrons. The molecule has 0 spiro atoms. The molecule has 0 aliphatic carbocycles. The van der Waals surface area contributed by atoms with Crippen LogP contribution in [0.1, 0.15) is 19.8 Å². The number of nitrogens with zero attached hydrogens (tertiary/aromatic N) is 1. The number of rotatable bonds is 5. The van der Waals surface area contributed by atoms with Crippen LogP contribution in [0.25, 0.3) is 21.0 Å². The summed E-state index contributed by atoms with van der Waals surface area (Å²) >= 11 is 1.66. The van der Waals surface area contributed by atoms with E-state index < -0.39 is 0 Å². The van der Waals surface area contributed by atoms with Gasteiger partial charge in [-0.3, -0.25) is 0 Å². The van der Waals surface area contributed by atoms with E-state index in [4.69, 9.17) is 0 Å². The molecule has 0 saturated carbocycles. The second kappa shape index (κ2) is 6.75. The summed E-state index contributed by atoms with van der Waals surface area (Å²) in [6.45, 7) is 3.01.